The Morgan fingerprint density at radius 2 is 2.13 bits per heavy atom. The number of nitrogens with one attached hydrogen (secondary N) is 1. The molecule has 0 fully saturated rings. The van der Waals surface area contributed by atoms with Crippen LogP contribution in [0.5, 0.6) is 0 Å². The highest BCUT2D eigenvalue weighted by molar-refractivity contribution is 7.91. The maximum atomic E-state index is 14.2. The van der Waals surface area contributed by atoms with Crippen molar-refractivity contribution in [3.8, 4) is 0 Å². The third-order valence-corrected chi connectivity index (χ3v) is 8.33. The molecule has 1 aromatic carbocycles. The van der Waals surface area contributed by atoms with Gasteiger partial charge in [0.1, 0.15) is 10.0 Å². The Morgan fingerprint density at radius 1 is 1.37 bits per heavy atom. The van der Waals surface area contributed by atoms with E-state index in [1.807, 2.05) is 4.90 Å². The van der Waals surface area contributed by atoms with Crippen LogP contribution in [-0.2, 0) is 39.0 Å². The summed E-state index contributed by atoms with van der Waals surface area (Å²) in [6.07, 6.45) is 0.440. The lowest BCUT2D eigenvalue weighted by Crippen LogP contribution is -2.30. The number of carbonyl (C=O) groups is 1. The maximum Gasteiger partial charge on any atom is 0.340 e. The van der Waals surface area contributed by atoms with E-state index in [1.54, 1.807) is 12.1 Å². The lowest BCUT2D eigenvalue weighted by atomic mass is 10.0. The van der Waals surface area contributed by atoms with Crippen molar-refractivity contribution < 1.29 is 27.1 Å². The van der Waals surface area contributed by atoms with Gasteiger partial charge in [0, 0.05) is 48.8 Å². The zero-order valence-corrected chi connectivity index (χ0v) is 18.9. The highest BCUT2D eigenvalue weighted by Gasteiger charge is 2.34. The second kappa shape index (κ2) is 9.71. The summed E-state index contributed by atoms with van der Waals surface area (Å²) in [6, 6.07) is 4.53. The Kier molecular flexibility index (Phi) is 7.48. The molecule has 0 amide bonds. The van der Waals surface area contributed by atoms with Crippen LogP contribution < -0.4 is 4.72 Å². The smallest absolute Gasteiger partial charge is 0.340 e. The molecule has 0 bridgehead atoms. The number of halogens is 2. The van der Waals surface area contributed by atoms with Gasteiger partial charge in [-0.3, -0.25) is 4.90 Å². The number of esters is 1. The van der Waals surface area contributed by atoms with Crippen LogP contribution in [-0.4, -0.2) is 53.2 Å². The summed E-state index contributed by atoms with van der Waals surface area (Å²) in [7, 11) is -1.23. The summed E-state index contributed by atoms with van der Waals surface area (Å²) in [5, 5.41) is 0.341. The summed E-state index contributed by atoms with van der Waals surface area (Å²) in [5.74, 6) is -1.08. The van der Waals surface area contributed by atoms with Gasteiger partial charge in [0.05, 0.1) is 19.3 Å². The molecule has 0 atom stereocenters. The number of fused-ring (bicyclic) bond motifs is 1. The van der Waals surface area contributed by atoms with Crippen molar-refractivity contribution in [2.45, 2.75) is 23.7 Å². The molecule has 2 aromatic rings. The average Bonchev–Trinajstić information content (AvgIpc) is 3.10. The number of methoxy groups -OCH3 is 2. The van der Waals surface area contributed by atoms with Crippen molar-refractivity contribution in [3.63, 3.8) is 0 Å². The molecule has 2 heterocycles. The first-order valence-corrected chi connectivity index (χ1v) is 11.8. The molecular weight excluding hydrogens is 455 g/mol. The SMILES string of the molecule is COCCNS(=O)(=O)c1sc2c(c1C(=O)OC)CCN(Cc1c(F)cccc1Cl)C2. The number of rotatable bonds is 8. The summed E-state index contributed by atoms with van der Waals surface area (Å²) < 4.78 is 51.8. The number of sulfonamides is 1. The van der Waals surface area contributed by atoms with Gasteiger partial charge in [-0.1, -0.05) is 17.7 Å². The van der Waals surface area contributed by atoms with Gasteiger partial charge >= 0.3 is 5.97 Å². The number of hydrogen-bond acceptors (Lipinski definition) is 7. The predicted molar refractivity (Wildman–Crippen MR) is 112 cm³/mol. The molecule has 0 saturated heterocycles. The van der Waals surface area contributed by atoms with Crippen molar-refractivity contribution in [1.82, 2.24) is 9.62 Å². The van der Waals surface area contributed by atoms with Crippen LogP contribution in [0.2, 0.25) is 5.02 Å². The first-order chi connectivity index (χ1) is 14.3. The molecule has 30 heavy (non-hydrogen) atoms. The Labute approximate surface area is 183 Å². The van der Waals surface area contributed by atoms with E-state index in [2.05, 4.69) is 4.72 Å². The van der Waals surface area contributed by atoms with Gasteiger partial charge in [-0.2, -0.15) is 0 Å². The fraction of sp³-hybridized carbons (Fsp3) is 0.421. The molecule has 11 heteroatoms. The molecule has 0 spiro atoms. The molecule has 0 unspecified atom stereocenters. The van der Waals surface area contributed by atoms with Crippen molar-refractivity contribution >= 4 is 38.9 Å². The van der Waals surface area contributed by atoms with Gasteiger partial charge in [-0.15, -0.1) is 11.3 Å². The largest absolute Gasteiger partial charge is 0.465 e. The van der Waals surface area contributed by atoms with Crippen LogP contribution in [0.15, 0.2) is 22.4 Å². The van der Waals surface area contributed by atoms with E-state index in [1.165, 1.54) is 20.3 Å². The van der Waals surface area contributed by atoms with Gasteiger partial charge in [0.15, 0.2) is 0 Å². The average molecular weight is 477 g/mol. The third kappa shape index (κ3) is 4.84. The fourth-order valence-electron chi connectivity index (χ4n) is 3.31. The molecule has 0 saturated carbocycles. The minimum atomic E-state index is -3.91. The lowest BCUT2D eigenvalue weighted by Gasteiger charge is -2.27. The van der Waals surface area contributed by atoms with E-state index in [0.29, 0.717) is 35.7 Å². The molecule has 1 N–H and O–H groups in total. The van der Waals surface area contributed by atoms with Crippen LogP contribution in [0.4, 0.5) is 4.39 Å². The summed E-state index contributed by atoms with van der Waals surface area (Å²) in [6.45, 7) is 1.47. The molecule has 1 aliphatic rings. The van der Waals surface area contributed by atoms with E-state index >= 15 is 0 Å². The molecule has 7 nitrogen and oxygen atoms in total. The van der Waals surface area contributed by atoms with E-state index in [4.69, 9.17) is 21.1 Å². The Morgan fingerprint density at radius 3 is 2.80 bits per heavy atom. The third-order valence-electron chi connectivity index (χ3n) is 4.78. The second-order valence-electron chi connectivity index (χ2n) is 6.71. The lowest BCUT2D eigenvalue weighted by molar-refractivity contribution is 0.0595. The van der Waals surface area contributed by atoms with E-state index in [-0.39, 0.29) is 35.3 Å². The van der Waals surface area contributed by atoms with E-state index in [0.717, 1.165) is 16.2 Å². The minimum absolute atomic E-state index is 0.0683. The molecule has 164 valence electrons. The topological polar surface area (TPSA) is 84.9 Å². The second-order valence-corrected chi connectivity index (χ2v) is 10.2. The van der Waals surface area contributed by atoms with Crippen LogP contribution in [0.25, 0.3) is 0 Å². The highest BCUT2D eigenvalue weighted by Crippen LogP contribution is 2.37. The first kappa shape index (κ1) is 23.1. The van der Waals surface area contributed by atoms with Gasteiger partial charge in [-0.05, 0) is 24.1 Å². The van der Waals surface area contributed by atoms with Crippen molar-refractivity contribution in [3.05, 3.63) is 50.6 Å². The van der Waals surface area contributed by atoms with Crippen LogP contribution in [0, 0.1) is 5.82 Å². The quantitative estimate of drug-likeness (QED) is 0.466. The number of hydrogen-bond donors (Lipinski definition) is 1. The van der Waals surface area contributed by atoms with Gasteiger partial charge in [-0.25, -0.2) is 22.3 Å². The monoisotopic (exact) mass is 476 g/mol. The number of benzene rings is 1. The number of thiophene rings is 1. The summed E-state index contributed by atoms with van der Waals surface area (Å²) in [5.41, 5.74) is 1.13. The number of ether oxygens (including phenoxy) is 2. The van der Waals surface area contributed by atoms with Gasteiger partial charge in [0.25, 0.3) is 10.0 Å². The van der Waals surface area contributed by atoms with Gasteiger partial charge < -0.3 is 9.47 Å². The molecule has 0 radical (unpaired) electrons. The van der Waals surface area contributed by atoms with Crippen LogP contribution >= 0.6 is 22.9 Å². The Balaban J connectivity index is 1.91. The molecule has 1 aliphatic heterocycles. The molecule has 1 aromatic heterocycles. The maximum absolute atomic E-state index is 14.2. The van der Waals surface area contributed by atoms with Crippen molar-refractivity contribution in [2.24, 2.45) is 0 Å². The Bertz CT molecular complexity index is 1020. The standard InChI is InChI=1S/C19H22ClFN2O5S2/c1-27-9-7-22-30(25,26)19-17(18(24)28-2)12-6-8-23(11-16(12)29-19)10-13-14(20)4-3-5-15(13)21/h3-5,22H,6-11H2,1-2H3. The molecule has 3 rings (SSSR count). The Hall–Kier alpha value is -1.56. The zero-order chi connectivity index (χ0) is 21.9. The van der Waals surface area contributed by atoms with Crippen molar-refractivity contribution in [1.29, 1.82) is 0 Å². The van der Waals surface area contributed by atoms with E-state index < -0.39 is 16.0 Å². The zero-order valence-electron chi connectivity index (χ0n) is 16.5. The van der Waals surface area contributed by atoms with Gasteiger partial charge in [0.2, 0.25) is 0 Å². The summed E-state index contributed by atoms with van der Waals surface area (Å²) >= 11 is 7.17. The predicted octanol–water partition coefficient (Wildman–Crippen LogP) is 2.81. The number of carbonyl (C=O) groups excluding carboxylic acids is 1. The van der Waals surface area contributed by atoms with Crippen LogP contribution in [0.1, 0.15) is 26.4 Å². The normalized spacial score (nSPS) is 14.5. The fourth-order valence-corrected chi connectivity index (χ4v) is 6.52. The summed E-state index contributed by atoms with van der Waals surface area (Å²) in [4.78, 5) is 15.1. The highest BCUT2D eigenvalue weighted by atomic mass is 35.5. The van der Waals surface area contributed by atoms with E-state index in [9.17, 15) is 17.6 Å². The van der Waals surface area contributed by atoms with Crippen molar-refractivity contribution in [2.75, 3.05) is 33.9 Å². The number of nitrogens with zero attached hydrogens (tertiary/aromatic N) is 1. The minimum Gasteiger partial charge on any atom is -0.465 e. The van der Waals surface area contributed by atoms with Crippen LogP contribution in [0.3, 0.4) is 0 Å². The molecule has 0 aliphatic carbocycles. The molecular formula is C19H22ClFN2O5S2. The first-order valence-electron chi connectivity index (χ1n) is 9.15.